The van der Waals surface area contributed by atoms with Crippen molar-refractivity contribution in [1.29, 1.82) is 0 Å². The molecule has 0 saturated carbocycles. The Morgan fingerprint density at radius 2 is 2.00 bits per heavy atom. The molecule has 0 aliphatic rings. The lowest BCUT2D eigenvalue weighted by atomic mass is 10.3. The fourth-order valence-corrected chi connectivity index (χ4v) is 3.06. The molecule has 0 fully saturated rings. The molecule has 3 rings (SSSR count). The van der Waals surface area contributed by atoms with Crippen molar-refractivity contribution in [1.82, 2.24) is 14.6 Å². The molecule has 0 saturated heterocycles. The zero-order valence-corrected chi connectivity index (χ0v) is 12.7. The van der Waals surface area contributed by atoms with Gasteiger partial charge in [-0.25, -0.2) is 5.43 Å². The summed E-state index contributed by atoms with van der Waals surface area (Å²) < 4.78 is 4.34. The van der Waals surface area contributed by atoms with Crippen LogP contribution in [0.15, 0.2) is 58.6 Å². The number of hydrogen-bond acceptors (Lipinski definition) is 4. The van der Waals surface area contributed by atoms with Gasteiger partial charge in [0, 0.05) is 19.3 Å². The van der Waals surface area contributed by atoms with Crippen molar-refractivity contribution in [2.75, 3.05) is 0 Å². The highest BCUT2D eigenvalue weighted by Gasteiger charge is 2.04. The Bertz CT molecular complexity index is 952. The Balaban J connectivity index is 1.81. The molecule has 2 heterocycles. The number of nitrogens with zero attached hydrogens (tertiary/aromatic N) is 3. The Hall–Kier alpha value is -2.67. The molecule has 3 aromatic rings. The number of benzene rings is 1. The number of pyridine rings is 1. The fourth-order valence-electron chi connectivity index (χ4n) is 2.08. The van der Waals surface area contributed by atoms with Crippen molar-refractivity contribution < 1.29 is 4.79 Å². The van der Waals surface area contributed by atoms with Crippen LogP contribution in [0.3, 0.4) is 0 Å². The van der Waals surface area contributed by atoms with E-state index in [1.807, 2.05) is 35.9 Å². The van der Waals surface area contributed by atoms with E-state index >= 15 is 0 Å². The molecule has 0 radical (unpaired) electrons. The molecule has 0 aliphatic heterocycles. The zero-order chi connectivity index (χ0) is 15.5. The van der Waals surface area contributed by atoms with Crippen LogP contribution < -0.4 is 15.8 Å². The molecule has 0 atom stereocenters. The van der Waals surface area contributed by atoms with E-state index < -0.39 is 0 Å². The number of para-hydroxylation sites is 1. The summed E-state index contributed by atoms with van der Waals surface area (Å²) in [5, 5.41) is 4.14. The third kappa shape index (κ3) is 2.84. The highest BCUT2D eigenvalue weighted by molar-refractivity contribution is 7.16. The van der Waals surface area contributed by atoms with E-state index in [4.69, 9.17) is 0 Å². The molecule has 22 heavy (non-hydrogen) atoms. The number of carbonyl (C=O) groups is 1. The summed E-state index contributed by atoms with van der Waals surface area (Å²) >= 11 is 1.49. The van der Waals surface area contributed by atoms with Crippen molar-refractivity contribution in [3.63, 3.8) is 0 Å². The van der Waals surface area contributed by atoms with E-state index in [2.05, 4.69) is 10.5 Å². The lowest BCUT2D eigenvalue weighted by Gasteiger charge is -2.02. The van der Waals surface area contributed by atoms with Crippen LogP contribution in [0.1, 0.15) is 0 Å². The number of amides is 1. The Kier molecular flexibility index (Phi) is 3.88. The van der Waals surface area contributed by atoms with Gasteiger partial charge in [0.05, 0.1) is 10.2 Å². The van der Waals surface area contributed by atoms with Crippen molar-refractivity contribution in [2.24, 2.45) is 12.1 Å². The van der Waals surface area contributed by atoms with Gasteiger partial charge in [0.2, 0.25) is 4.80 Å². The second kappa shape index (κ2) is 5.98. The maximum atomic E-state index is 11.9. The third-order valence-electron chi connectivity index (χ3n) is 3.20. The summed E-state index contributed by atoms with van der Waals surface area (Å²) in [6.45, 7) is -0.0578. The second-order valence-corrected chi connectivity index (χ2v) is 5.73. The highest BCUT2D eigenvalue weighted by atomic mass is 32.1. The molecule has 7 heteroatoms. The second-order valence-electron chi connectivity index (χ2n) is 4.72. The third-order valence-corrected chi connectivity index (χ3v) is 4.32. The fraction of sp³-hybridized carbons (Fsp3) is 0.133. The maximum absolute atomic E-state index is 11.9. The highest BCUT2D eigenvalue weighted by Crippen LogP contribution is 2.14. The number of rotatable bonds is 3. The number of fused-ring (bicyclic) bond motifs is 1. The average Bonchev–Trinajstić information content (AvgIpc) is 2.84. The standard InChI is InChI=1S/C15H14N4O2S/c1-18-11-6-2-3-7-12(11)22-15(18)17-16-13(20)10-19-9-5-4-8-14(19)21/h2-9H,10H2,1H3,(H,16,20)/b17-15-. The van der Waals surface area contributed by atoms with Gasteiger partial charge in [-0.3, -0.25) is 9.59 Å². The van der Waals surface area contributed by atoms with Crippen LogP contribution in [0.4, 0.5) is 0 Å². The van der Waals surface area contributed by atoms with E-state index in [0.29, 0.717) is 4.80 Å². The SMILES string of the molecule is Cn1/c(=N/NC(=O)Cn2ccccc2=O)sc2ccccc21. The number of thiazole rings is 1. The van der Waals surface area contributed by atoms with Crippen LogP contribution >= 0.6 is 11.3 Å². The van der Waals surface area contributed by atoms with Crippen LogP contribution in [-0.2, 0) is 18.4 Å². The van der Waals surface area contributed by atoms with Gasteiger partial charge in [-0.05, 0) is 18.2 Å². The molecule has 6 nitrogen and oxygen atoms in total. The maximum Gasteiger partial charge on any atom is 0.260 e. The molecule has 0 unspecified atom stereocenters. The zero-order valence-electron chi connectivity index (χ0n) is 11.9. The van der Waals surface area contributed by atoms with Crippen LogP contribution in [0, 0.1) is 0 Å². The number of nitrogens with one attached hydrogen (secondary N) is 1. The summed E-state index contributed by atoms with van der Waals surface area (Å²) in [5.74, 6) is -0.342. The van der Waals surface area contributed by atoms with Gasteiger partial charge < -0.3 is 9.13 Å². The van der Waals surface area contributed by atoms with E-state index in [1.54, 1.807) is 18.3 Å². The quantitative estimate of drug-likeness (QED) is 0.734. The first-order valence-electron chi connectivity index (χ1n) is 6.68. The average molecular weight is 314 g/mol. The summed E-state index contributed by atoms with van der Waals surface area (Å²) in [6, 6.07) is 12.7. The number of carbonyl (C=O) groups excluding carboxylic acids is 1. The molecule has 0 spiro atoms. The van der Waals surface area contributed by atoms with E-state index in [-0.39, 0.29) is 18.0 Å². The number of aromatic nitrogens is 2. The molecule has 1 N–H and O–H groups in total. The molecule has 2 aromatic heterocycles. The van der Waals surface area contributed by atoms with Gasteiger partial charge >= 0.3 is 0 Å². The van der Waals surface area contributed by atoms with Gasteiger partial charge in [-0.1, -0.05) is 29.5 Å². The van der Waals surface area contributed by atoms with Gasteiger partial charge in [0.15, 0.2) is 0 Å². The molecule has 0 bridgehead atoms. The van der Waals surface area contributed by atoms with Crippen LogP contribution in [0.25, 0.3) is 10.2 Å². The summed E-state index contributed by atoms with van der Waals surface area (Å²) in [6.07, 6.45) is 1.57. The Morgan fingerprint density at radius 3 is 2.77 bits per heavy atom. The van der Waals surface area contributed by atoms with E-state index in [1.165, 1.54) is 22.0 Å². The Labute approximate surface area is 130 Å². The lowest BCUT2D eigenvalue weighted by molar-refractivity contribution is -0.121. The van der Waals surface area contributed by atoms with Crippen LogP contribution in [-0.4, -0.2) is 15.0 Å². The van der Waals surface area contributed by atoms with Crippen molar-refractivity contribution in [3.8, 4) is 0 Å². The lowest BCUT2D eigenvalue weighted by Crippen LogP contribution is -2.30. The van der Waals surface area contributed by atoms with Crippen molar-refractivity contribution in [3.05, 3.63) is 63.8 Å². The number of hydrogen-bond donors (Lipinski definition) is 1. The molecular weight excluding hydrogens is 300 g/mol. The first kappa shape index (κ1) is 14.3. The molecule has 112 valence electrons. The normalized spacial score (nSPS) is 11.8. The first-order chi connectivity index (χ1) is 10.6. The van der Waals surface area contributed by atoms with Gasteiger partial charge in [-0.15, -0.1) is 5.10 Å². The van der Waals surface area contributed by atoms with E-state index in [0.717, 1.165) is 10.2 Å². The number of aryl methyl sites for hydroxylation is 1. The summed E-state index contributed by atoms with van der Waals surface area (Å²) in [7, 11) is 1.89. The topological polar surface area (TPSA) is 68.4 Å². The largest absolute Gasteiger partial charge is 0.318 e. The van der Waals surface area contributed by atoms with Gasteiger partial charge in [-0.2, -0.15) is 0 Å². The molecular formula is C15H14N4O2S. The van der Waals surface area contributed by atoms with Gasteiger partial charge in [0.25, 0.3) is 11.5 Å². The summed E-state index contributed by atoms with van der Waals surface area (Å²) in [5.41, 5.74) is 3.33. The smallest absolute Gasteiger partial charge is 0.260 e. The van der Waals surface area contributed by atoms with E-state index in [9.17, 15) is 9.59 Å². The van der Waals surface area contributed by atoms with Crippen LogP contribution in [0.2, 0.25) is 0 Å². The van der Waals surface area contributed by atoms with Crippen molar-refractivity contribution in [2.45, 2.75) is 6.54 Å². The summed E-state index contributed by atoms with van der Waals surface area (Å²) in [4.78, 5) is 24.1. The molecule has 1 aromatic carbocycles. The first-order valence-corrected chi connectivity index (χ1v) is 7.49. The van der Waals surface area contributed by atoms with Crippen LogP contribution in [0.5, 0.6) is 0 Å². The minimum atomic E-state index is -0.342. The monoisotopic (exact) mass is 314 g/mol. The molecule has 1 amide bonds. The molecule has 0 aliphatic carbocycles. The minimum Gasteiger partial charge on any atom is -0.318 e. The minimum absolute atomic E-state index is 0.0578. The van der Waals surface area contributed by atoms with Gasteiger partial charge in [0.1, 0.15) is 6.54 Å². The van der Waals surface area contributed by atoms with Crippen molar-refractivity contribution >= 4 is 27.5 Å². The predicted octanol–water partition coefficient (Wildman–Crippen LogP) is 1.03. The Morgan fingerprint density at radius 1 is 1.23 bits per heavy atom. The predicted molar refractivity (Wildman–Crippen MR) is 85.2 cm³/mol.